The van der Waals surface area contributed by atoms with Gasteiger partial charge in [-0.05, 0) is 72.2 Å². The van der Waals surface area contributed by atoms with E-state index in [0.29, 0.717) is 6.42 Å². The van der Waals surface area contributed by atoms with E-state index in [1.807, 2.05) is 36.5 Å². The summed E-state index contributed by atoms with van der Waals surface area (Å²) in [4.78, 5) is 16.8. The first-order valence-corrected chi connectivity index (χ1v) is 22.4. The van der Waals surface area contributed by atoms with Gasteiger partial charge in [-0.15, -0.1) is 0 Å². The van der Waals surface area contributed by atoms with Gasteiger partial charge in [-0.1, -0.05) is 152 Å². The predicted octanol–water partition coefficient (Wildman–Crippen LogP) is 15.2. The van der Waals surface area contributed by atoms with Crippen LogP contribution in [-0.2, 0) is 12.8 Å². The minimum absolute atomic E-state index is 0.234. The number of benzene rings is 8. The van der Waals surface area contributed by atoms with Gasteiger partial charge in [-0.25, -0.2) is 9.97 Å². The molecule has 5 heterocycles. The van der Waals surface area contributed by atoms with Gasteiger partial charge in [-0.2, -0.15) is 0 Å². The number of pyridine rings is 1. The van der Waals surface area contributed by atoms with Crippen LogP contribution in [0.1, 0.15) is 29.2 Å². The van der Waals surface area contributed by atoms with Gasteiger partial charge in [0.1, 0.15) is 27.8 Å². The van der Waals surface area contributed by atoms with Crippen molar-refractivity contribution in [2.24, 2.45) is 0 Å². The van der Waals surface area contributed by atoms with Gasteiger partial charge in [0.15, 0.2) is 5.58 Å². The van der Waals surface area contributed by atoms with E-state index in [9.17, 15) is 0 Å². The predicted molar refractivity (Wildman–Crippen MR) is 264 cm³/mol. The molecular weight excluding hydrogens is 797 g/mol. The van der Waals surface area contributed by atoms with E-state index in [1.54, 1.807) is 0 Å². The van der Waals surface area contributed by atoms with Crippen LogP contribution in [0.15, 0.2) is 197 Å². The SMILES string of the molecule is c1ccc(-c2nc3c(-n4c5ccccc5c5ccc6c7ccccc7oc6c54)cnc(CCC4Cc5c(ccc6c5oc5ccccc56)-c5ccccc54)c3nc2-c2ccccc2)cc1. The molecule has 6 nitrogen and oxygen atoms in total. The monoisotopic (exact) mass is 834 g/mol. The summed E-state index contributed by atoms with van der Waals surface area (Å²) in [5.41, 5.74) is 17.9. The lowest BCUT2D eigenvalue weighted by atomic mass is 9.76. The average molecular weight is 835 g/mol. The molecular formula is C59H38N4O2. The summed E-state index contributed by atoms with van der Waals surface area (Å²) in [5, 5.41) is 6.73. The second-order valence-corrected chi connectivity index (χ2v) is 17.3. The number of fused-ring (bicyclic) bond motifs is 15. The molecule has 1 aliphatic rings. The summed E-state index contributed by atoms with van der Waals surface area (Å²) in [5.74, 6) is 0.234. The topological polar surface area (TPSA) is 69.9 Å². The van der Waals surface area contributed by atoms with Gasteiger partial charge in [-0.3, -0.25) is 4.98 Å². The van der Waals surface area contributed by atoms with E-state index >= 15 is 0 Å². The summed E-state index contributed by atoms with van der Waals surface area (Å²) in [6.07, 6.45) is 4.47. The molecule has 0 saturated heterocycles. The lowest BCUT2D eigenvalue weighted by molar-refractivity contribution is 0.601. The quantitative estimate of drug-likeness (QED) is 0.167. The smallest absolute Gasteiger partial charge is 0.160 e. The Labute approximate surface area is 373 Å². The molecule has 0 aliphatic heterocycles. The van der Waals surface area contributed by atoms with Crippen molar-refractivity contribution in [3.63, 3.8) is 0 Å². The summed E-state index contributed by atoms with van der Waals surface area (Å²) in [6, 6.07) is 64.0. The Bertz CT molecular complexity index is 4050. The molecule has 6 heteroatoms. The van der Waals surface area contributed by atoms with Crippen LogP contribution in [0.25, 0.3) is 116 Å². The molecule has 13 aromatic rings. The van der Waals surface area contributed by atoms with Crippen molar-refractivity contribution in [3.05, 3.63) is 205 Å². The standard InChI is InChI=1S/C59H38N4O2/c1-3-15-35(16-4-1)53-54(36-17-5-2-6-18-36)62-56-50(63-49-24-12-9-21-41(49)44-29-31-46-43-23-11-14-26-52(43)65-59(46)57(44)63)34-60-48(55(56)61-53)32-27-37-33-47-40(39-20-8-7-19-38(37)39)28-30-45-42-22-10-13-25-51(42)64-58(45)47/h1-26,28-31,34,37H,27,32-33H2. The maximum absolute atomic E-state index is 6.78. The molecule has 306 valence electrons. The Kier molecular flexibility index (Phi) is 7.83. The van der Waals surface area contributed by atoms with E-state index in [-0.39, 0.29) is 5.92 Å². The van der Waals surface area contributed by atoms with Crippen molar-refractivity contribution in [1.82, 2.24) is 19.5 Å². The first-order chi connectivity index (χ1) is 32.2. The molecule has 0 fully saturated rings. The van der Waals surface area contributed by atoms with Crippen molar-refractivity contribution in [2.45, 2.75) is 25.2 Å². The molecule has 5 aromatic heterocycles. The fourth-order valence-corrected chi connectivity index (χ4v) is 10.8. The molecule has 0 bridgehead atoms. The first-order valence-electron chi connectivity index (χ1n) is 22.4. The minimum atomic E-state index is 0.234. The number of aryl methyl sites for hydroxylation is 1. The van der Waals surface area contributed by atoms with Crippen LogP contribution >= 0.6 is 0 Å². The van der Waals surface area contributed by atoms with E-state index in [2.05, 4.69) is 156 Å². The first kappa shape index (κ1) is 36.2. The fourth-order valence-electron chi connectivity index (χ4n) is 10.8. The molecule has 0 spiro atoms. The molecule has 1 atom stereocenters. The molecule has 0 radical (unpaired) electrons. The summed E-state index contributed by atoms with van der Waals surface area (Å²) >= 11 is 0. The van der Waals surface area contributed by atoms with Gasteiger partial charge >= 0.3 is 0 Å². The summed E-state index contributed by atoms with van der Waals surface area (Å²) in [6.45, 7) is 0. The van der Waals surface area contributed by atoms with E-state index in [1.165, 1.54) is 27.6 Å². The molecule has 1 unspecified atom stereocenters. The second kappa shape index (κ2) is 14.1. The lowest BCUT2D eigenvalue weighted by Crippen LogP contribution is -2.13. The normalized spacial score (nSPS) is 13.8. The van der Waals surface area contributed by atoms with E-state index in [4.69, 9.17) is 23.8 Å². The Balaban J connectivity index is 0.994. The van der Waals surface area contributed by atoms with Crippen LogP contribution in [0, 0.1) is 0 Å². The Morgan fingerprint density at radius 1 is 0.492 bits per heavy atom. The Morgan fingerprint density at radius 2 is 1.08 bits per heavy atom. The van der Waals surface area contributed by atoms with E-state index < -0.39 is 0 Å². The van der Waals surface area contributed by atoms with Crippen LogP contribution in [0.2, 0.25) is 0 Å². The van der Waals surface area contributed by atoms with Gasteiger partial charge in [0.2, 0.25) is 0 Å². The number of hydrogen-bond donors (Lipinski definition) is 0. The molecule has 0 saturated carbocycles. The van der Waals surface area contributed by atoms with Crippen LogP contribution in [0.3, 0.4) is 0 Å². The molecule has 8 aromatic carbocycles. The van der Waals surface area contributed by atoms with Crippen LogP contribution in [-0.4, -0.2) is 19.5 Å². The molecule has 0 amide bonds. The highest BCUT2D eigenvalue weighted by molar-refractivity contribution is 6.22. The number of para-hydroxylation sites is 3. The van der Waals surface area contributed by atoms with Crippen molar-refractivity contribution < 1.29 is 8.83 Å². The summed E-state index contributed by atoms with van der Waals surface area (Å²) < 4.78 is 15.7. The van der Waals surface area contributed by atoms with Crippen molar-refractivity contribution in [1.29, 1.82) is 0 Å². The third kappa shape index (κ3) is 5.44. The molecule has 1 aliphatic carbocycles. The average Bonchev–Trinajstić information content (AvgIpc) is 4.06. The number of rotatable bonds is 6. The minimum Gasteiger partial charge on any atom is -0.456 e. The van der Waals surface area contributed by atoms with Gasteiger partial charge < -0.3 is 13.4 Å². The second-order valence-electron chi connectivity index (χ2n) is 17.3. The number of hydrogen-bond acceptors (Lipinski definition) is 5. The zero-order valence-corrected chi connectivity index (χ0v) is 35.2. The molecule has 14 rings (SSSR count). The third-order valence-corrected chi connectivity index (χ3v) is 13.8. The largest absolute Gasteiger partial charge is 0.456 e. The lowest BCUT2D eigenvalue weighted by Gasteiger charge is -2.28. The Hall–Kier alpha value is -8.35. The Morgan fingerprint density at radius 3 is 1.83 bits per heavy atom. The number of aromatic nitrogens is 4. The highest BCUT2D eigenvalue weighted by Crippen LogP contribution is 2.47. The van der Waals surface area contributed by atoms with Gasteiger partial charge in [0, 0.05) is 49.0 Å². The third-order valence-electron chi connectivity index (χ3n) is 13.8. The maximum atomic E-state index is 6.78. The maximum Gasteiger partial charge on any atom is 0.160 e. The molecule has 0 N–H and O–H groups in total. The zero-order valence-electron chi connectivity index (χ0n) is 35.2. The van der Waals surface area contributed by atoms with Gasteiger partial charge in [0.05, 0.1) is 40.0 Å². The van der Waals surface area contributed by atoms with Crippen molar-refractivity contribution >= 4 is 76.7 Å². The number of nitrogens with zero attached hydrogens (tertiary/aromatic N) is 4. The van der Waals surface area contributed by atoms with Crippen LogP contribution in [0.5, 0.6) is 0 Å². The van der Waals surface area contributed by atoms with Crippen LogP contribution < -0.4 is 0 Å². The highest BCUT2D eigenvalue weighted by atomic mass is 16.3. The zero-order chi connectivity index (χ0) is 42.6. The summed E-state index contributed by atoms with van der Waals surface area (Å²) in [7, 11) is 0. The van der Waals surface area contributed by atoms with Gasteiger partial charge in [0.25, 0.3) is 0 Å². The fraction of sp³-hybridized carbons (Fsp3) is 0.0678. The highest BCUT2D eigenvalue weighted by Gasteiger charge is 2.29. The van der Waals surface area contributed by atoms with Crippen molar-refractivity contribution in [3.8, 4) is 39.3 Å². The van der Waals surface area contributed by atoms with E-state index in [0.717, 1.165) is 118 Å². The molecule has 65 heavy (non-hydrogen) atoms. The van der Waals surface area contributed by atoms with Crippen molar-refractivity contribution in [2.75, 3.05) is 0 Å². The van der Waals surface area contributed by atoms with Crippen LogP contribution in [0.4, 0.5) is 0 Å². The number of furan rings is 2.